The fourth-order valence-corrected chi connectivity index (χ4v) is 4.56. The minimum Gasteiger partial charge on any atom is -0.366 e. The lowest BCUT2D eigenvalue weighted by atomic mass is 10.2. The molecule has 0 aliphatic carbocycles. The highest BCUT2D eigenvalue weighted by molar-refractivity contribution is 7.91. The average molecular weight is 360 g/mol. The summed E-state index contributed by atoms with van der Waals surface area (Å²) in [6.07, 6.45) is 1.80. The Hall–Kier alpha value is -2.48. The molecule has 8 heteroatoms. The van der Waals surface area contributed by atoms with Crippen molar-refractivity contribution in [2.75, 3.05) is 23.9 Å². The van der Waals surface area contributed by atoms with E-state index in [0.29, 0.717) is 18.8 Å². The summed E-state index contributed by atoms with van der Waals surface area (Å²) in [6, 6.07) is 11.1. The summed E-state index contributed by atoms with van der Waals surface area (Å²) in [5.41, 5.74) is 1.35. The molecule has 2 aromatic rings. The molecule has 0 saturated carbocycles. The SMILES string of the molecule is CN(C(=O)c1cc(NCc2ccccc2)ncn1)C1CCS(=O)(=O)C1. The summed E-state index contributed by atoms with van der Waals surface area (Å²) >= 11 is 0. The van der Waals surface area contributed by atoms with E-state index in [1.807, 2.05) is 30.3 Å². The first-order valence-electron chi connectivity index (χ1n) is 8.02. The van der Waals surface area contributed by atoms with Gasteiger partial charge < -0.3 is 10.2 Å². The third kappa shape index (κ3) is 4.33. The van der Waals surface area contributed by atoms with Crippen molar-refractivity contribution in [3.05, 3.63) is 54.0 Å². The van der Waals surface area contributed by atoms with Crippen molar-refractivity contribution >= 4 is 21.6 Å². The van der Waals surface area contributed by atoms with Crippen LogP contribution in [0.1, 0.15) is 22.5 Å². The first kappa shape index (κ1) is 17.3. The molecule has 25 heavy (non-hydrogen) atoms. The predicted molar refractivity (Wildman–Crippen MR) is 95.0 cm³/mol. The minimum atomic E-state index is -3.04. The molecule has 1 unspecified atom stereocenters. The van der Waals surface area contributed by atoms with Crippen molar-refractivity contribution in [3.8, 4) is 0 Å². The van der Waals surface area contributed by atoms with Gasteiger partial charge in [0.1, 0.15) is 17.8 Å². The summed E-state index contributed by atoms with van der Waals surface area (Å²) < 4.78 is 23.2. The molecule has 2 heterocycles. The fraction of sp³-hybridized carbons (Fsp3) is 0.353. The number of aromatic nitrogens is 2. The molecule has 1 saturated heterocycles. The minimum absolute atomic E-state index is 0.0133. The van der Waals surface area contributed by atoms with Gasteiger partial charge in [-0.15, -0.1) is 0 Å². The number of anilines is 1. The molecule has 1 aliphatic rings. The van der Waals surface area contributed by atoms with Crippen molar-refractivity contribution in [1.82, 2.24) is 14.9 Å². The van der Waals surface area contributed by atoms with Gasteiger partial charge in [0.2, 0.25) is 0 Å². The number of carbonyl (C=O) groups excluding carboxylic acids is 1. The first-order valence-corrected chi connectivity index (χ1v) is 9.84. The number of nitrogens with zero attached hydrogens (tertiary/aromatic N) is 3. The van der Waals surface area contributed by atoms with Crippen molar-refractivity contribution in [1.29, 1.82) is 0 Å². The molecular weight excluding hydrogens is 340 g/mol. The van der Waals surface area contributed by atoms with Crippen LogP contribution in [0.4, 0.5) is 5.82 Å². The molecule has 1 amide bonds. The van der Waals surface area contributed by atoms with Crippen LogP contribution in [0.25, 0.3) is 0 Å². The van der Waals surface area contributed by atoms with Gasteiger partial charge in [-0.05, 0) is 12.0 Å². The van der Waals surface area contributed by atoms with Crippen LogP contribution < -0.4 is 5.32 Å². The van der Waals surface area contributed by atoms with Gasteiger partial charge in [0.15, 0.2) is 9.84 Å². The van der Waals surface area contributed by atoms with E-state index in [9.17, 15) is 13.2 Å². The van der Waals surface area contributed by atoms with Crippen LogP contribution in [0.2, 0.25) is 0 Å². The van der Waals surface area contributed by atoms with E-state index in [1.165, 1.54) is 11.2 Å². The van der Waals surface area contributed by atoms with Gasteiger partial charge >= 0.3 is 0 Å². The Morgan fingerprint density at radius 2 is 2.04 bits per heavy atom. The largest absolute Gasteiger partial charge is 0.366 e. The monoisotopic (exact) mass is 360 g/mol. The van der Waals surface area contributed by atoms with Crippen LogP contribution in [-0.2, 0) is 16.4 Å². The zero-order chi connectivity index (χ0) is 17.9. The Bertz CT molecular complexity index is 855. The number of hydrogen-bond acceptors (Lipinski definition) is 6. The molecule has 1 N–H and O–H groups in total. The molecular formula is C17H20N4O3S. The summed E-state index contributed by atoms with van der Waals surface area (Å²) in [5, 5.41) is 3.16. The zero-order valence-corrected chi connectivity index (χ0v) is 14.7. The van der Waals surface area contributed by atoms with Crippen molar-refractivity contribution in [2.45, 2.75) is 19.0 Å². The third-order valence-electron chi connectivity index (χ3n) is 4.28. The van der Waals surface area contributed by atoms with E-state index < -0.39 is 9.84 Å². The molecule has 1 aromatic heterocycles. The number of benzene rings is 1. The molecule has 7 nitrogen and oxygen atoms in total. The summed E-state index contributed by atoms with van der Waals surface area (Å²) in [7, 11) is -1.42. The maximum Gasteiger partial charge on any atom is 0.272 e. The highest BCUT2D eigenvalue weighted by Gasteiger charge is 2.33. The van der Waals surface area contributed by atoms with E-state index >= 15 is 0 Å². The Morgan fingerprint density at radius 1 is 1.28 bits per heavy atom. The number of carbonyl (C=O) groups is 1. The smallest absolute Gasteiger partial charge is 0.272 e. The molecule has 0 bridgehead atoms. The maximum absolute atomic E-state index is 12.6. The van der Waals surface area contributed by atoms with Crippen LogP contribution in [-0.4, -0.2) is 53.8 Å². The standard InChI is InChI=1S/C17H20N4O3S/c1-21(14-7-8-25(23,24)11-14)17(22)15-9-16(20-12-19-15)18-10-13-5-3-2-4-6-13/h2-6,9,12,14H,7-8,10-11H2,1H3,(H,18,19,20). The quantitative estimate of drug-likeness (QED) is 0.865. The molecule has 3 rings (SSSR count). The lowest BCUT2D eigenvalue weighted by Crippen LogP contribution is -2.38. The van der Waals surface area contributed by atoms with Crippen LogP contribution >= 0.6 is 0 Å². The number of hydrogen-bond donors (Lipinski definition) is 1. The van der Waals surface area contributed by atoms with Gasteiger partial charge in [-0.2, -0.15) is 0 Å². The molecule has 1 aliphatic heterocycles. The third-order valence-corrected chi connectivity index (χ3v) is 6.03. The van der Waals surface area contributed by atoms with E-state index in [1.54, 1.807) is 13.1 Å². The topological polar surface area (TPSA) is 92.3 Å². The fourth-order valence-electron chi connectivity index (χ4n) is 2.79. The van der Waals surface area contributed by atoms with Crippen molar-refractivity contribution in [3.63, 3.8) is 0 Å². The Balaban J connectivity index is 1.67. The van der Waals surface area contributed by atoms with Gasteiger partial charge in [0, 0.05) is 25.7 Å². The second-order valence-electron chi connectivity index (χ2n) is 6.10. The van der Waals surface area contributed by atoms with Crippen molar-refractivity contribution < 1.29 is 13.2 Å². The van der Waals surface area contributed by atoms with Crippen LogP contribution in [0.3, 0.4) is 0 Å². The molecule has 1 aromatic carbocycles. The van der Waals surface area contributed by atoms with Crippen LogP contribution in [0, 0.1) is 0 Å². The summed E-state index contributed by atoms with van der Waals surface area (Å²) in [6.45, 7) is 0.586. The van der Waals surface area contributed by atoms with E-state index in [4.69, 9.17) is 0 Å². The second-order valence-corrected chi connectivity index (χ2v) is 8.33. The molecule has 1 fully saturated rings. The van der Waals surface area contributed by atoms with Crippen molar-refractivity contribution in [2.24, 2.45) is 0 Å². The van der Waals surface area contributed by atoms with E-state index in [0.717, 1.165) is 5.56 Å². The second kappa shape index (κ2) is 7.18. The average Bonchev–Trinajstić information content (AvgIpc) is 3.00. The van der Waals surface area contributed by atoms with E-state index in [-0.39, 0.29) is 29.1 Å². The number of sulfone groups is 1. The van der Waals surface area contributed by atoms with Gasteiger partial charge in [0.05, 0.1) is 11.5 Å². The maximum atomic E-state index is 12.6. The Morgan fingerprint density at radius 3 is 2.72 bits per heavy atom. The lowest BCUT2D eigenvalue weighted by Gasteiger charge is -2.23. The molecule has 0 spiro atoms. The van der Waals surface area contributed by atoms with Crippen LogP contribution in [0.5, 0.6) is 0 Å². The predicted octanol–water partition coefficient (Wildman–Crippen LogP) is 1.35. The molecule has 1 atom stereocenters. The highest BCUT2D eigenvalue weighted by Crippen LogP contribution is 2.18. The van der Waals surface area contributed by atoms with Gasteiger partial charge in [0.25, 0.3) is 5.91 Å². The molecule has 0 radical (unpaired) electrons. The van der Waals surface area contributed by atoms with Gasteiger partial charge in [-0.3, -0.25) is 4.79 Å². The summed E-state index contributed by atoms with van der Waals surface area (Å²) in [5.74, 6) is 0.393. The normalized spacial score (nSPS) is 18.7. The highest BCUT2D eigenvalue weighted by atomic mass is 32.2. The van der Waals surface area contributed by atoms with Crippen LogP contribution in [0.15, 0.2) is 42.7 Å². The summed E-state index contributed by atoms with van der Waals surface area (Å²) in [4.78, 5) is 22.2. The molecule has 132 valence electrons. The zero-order valence-electron chi connectivity index (χ0n) is 13.9. The Labute approximate surface area is 147 Å². The lowest BCUT2D eigenvalue weighted by molar-refractivity contribution is 0.0741. The van der Waals surface area contributed by atoms with Gasteiger partial charge in [-0.1, -0.05) is 30.3 Å². The van der Waals surface area contributed by atoms with E-state index in [2.05, 4.69) is 15.3 Å². The first-order chi connectivity index (χ1) is 11.9. The number of nitrogens with one attached hydrogen (secondary N) is 1. The van der Waals surface area contributed by atoms with Gasteiger partial charge in [-0.25, -0.2) is 18.4 Å². The number of amides is 1. The number of rotatable bonds is 5. The Kier molecular flexibility index (Phi) is 4.98.